The quantitative estimate of drug-likeness (QED) is 0.904. The number of nitrogens with zero attached hydrogens (tertiary/aromatic N) is 2. The molecular weight excluding hydrogens is 272 g/mol. The van der Waals surface area contributed by atoms with Gasteiger partial charge in [0.15, 0.2) is 0 Å². The molecule has 2 aromatic heterocycles. The Bertz CT molecular complexity index is 624. The Kier molecular flexibility index (Phi) is 3.64. The molecule has 0 radical (unpaired) electrons. The van der Waals surface area contributed by atoms with Crippen molar-refractivity contribution >= 4 is 23.2 Å². The minimum atomic E-state index is -0.161. The third-order valence-corrected chi connectivity index (χ3v) is 4.30. The van der Waals surface area contributed by atoms with Crippen molar-refractivity contribution in [2.75, 3.05) is 5.73 Å². The summed E-state index contributed by atoms with van der Waals surface area (Å²) in [5.41, 5.74) is 8.06. The van der Waals surface area contributed by atoms with E-state index in [1.54, 1.807) is 11.3 Å². The van der Waals surface area contributed by atoms with E-state index in [-0.39, 0.29) is 11.9 Å². The van der Waals surface area contributed by atoms with Gasteiger partial charge in [0.2, 0.25) is 5.95 Å². The number of anilines is 1. The zero-order valence-electron chi connectivity index (χ0n) is 11.1. The molecule has 0 bridgehead atoms. The van der Waals surface area contributed by atoms with Crippen LogP contribution in [0.4, 0.5) is 5.95 Å². The van der Waals surface area contributed by atoms with E-state index in [1.165, 1.54) is 0 Å². The van der Waals surface area contributed by atoms with Crippen molar-refractivity contribution in [3.8, 4) is 0 Å². The molecule has 0 saturated heterocycles. The van der Waals surface area contributed by atoms with Gasteiger partial charge in [-0.15, -0.1) is 11.3 Å². The highest BCUT2D eigenvalue weighted by Gasteiger charge is 2.21. The number of carbonyl (C=O) groups is 1. The average molecular weight is 288 g/mol. The predicted molar refractivity (Wildman–Crippen MR) is 78.6 cm³/mol. The molecule has 0 saturated carbocycles. The summed E-state index contributed by atoms with van der Waals surface area (Å²) < 4.78 is 0. The number of hydrogen-bond acceptors (Lipinski definition) is 5. The van der Waals surface area contributed by atoms with Gasteiger partial charge < -0.3 is 11.1 Å². The minimum absolute atomic E-state index is 0.161. The molecule has 3 N–H and O–H groups in total. The molecule has 5 nitrogen and oxygen atoms in total. The molecule has 0 aliphatic heterocycles. The van der Waals surface area contributed by atoms with Crippen LogP contribution >= 0.6 is 11.3 Å². The standard InChI is InChI=1S/C14H16N4OS/c15-14-17-11-6-2-1-5-10(11)12(18-14)13(19)16-8-9-4-3-7-20-9/h3-4,7H,1-2,5-6,8H2,(H,16,19)(H2,15,17,18). The Morgan fingerprint density at radius 1 is 1.35 bits per heavy atom. The molecular formula is C14H16N4OS. The fraction of sp³-hybridized carbons (Fsp3) is 0.357. The van der Waals surface area contributed by atoms with Crippen LogP contribution in [-0.2, 0) is 19.4 Å². The number of nitrogen functional groups attached to an aromatic ring is 1. The number of hydrogen-bond donors (Lipinski definition) is 2. The molecule has 3 rings (SSSR count). The zero-order valence-corrected chi connectivity index (χ0v) is 11.9. The number of fused-ring (bicyclic) bond motifs is 1. The van der Waals surface area contributed by atoms with Gasteiger partial charge in [0, 0.05) is 16.1 Å². The van der Waals surface area contributed by atoms with E-state index in [0.717, 1.165) is 41.8 Å². The molecule has 0 fully saturated rings. The van der Waals surface area contributed by atoms with E-state index in [4.69, 9.17) is 5.73 Å². The first-order chi connectivity index (χ1) is 9.74. The van der Waals surface area contributed by atoms with E-state index in [9.17, 15) is 4.79 Å². The van der Waals surface area contributed by atoms with E-state index >= 15 is 0 Å². The van der Waals surface area contributed by atoms with Crippen molar-refractivity contribution in [2.24, 2.45) is 0 Å². The van der Waals surface area contributed by atoms with Crippen LogP contribution in [0.2, 0.25) is 0 Å². The molecule has 104 valence electrons. The summed E-state index contributed by atoms with van der Waals surface area (Å²) in [5, 5.41) is 4.90. The second-order valence-corrected chi connectivity index (χ2v) is 5.86. The lowest BCUT2D eigenvalue weighted by atomic mass is 9.94. The topological polar surface area (TPSA) is 80.9 Å². The number of nitrogens with one attached hydrogen (secondary N) is 1. The number of rotatable bonds is 3. The highest BCUT2D eigenvalue weighted by atomic mass is 32.1. The first kappa shape index (κ1) is 13.1. The number of amides is 1. The summed E-state index contributed by atoms with van der Waals surface area (Å²) in [7, 11) is 0. The summed E-state index contributed by atoms with van der Waals surface area (Å²) in [6, 6.07) is 3.96. The van der Waals surface area contributed by atoms with Gasteiger partial charge in [-0.25, -0.2) is 9.97 Å². The molecule has 1 aliphatic carbocycles. The monoisotopic (exact) mass is 288 g/mol. The van der Waals surface area contributed by atoms with Crippen LogP contribution in [0.3, 0.4) is 0 Å². The molecule has 0 aromatic carbocycles. The van der Waals surface area contributed by atoms with E-state index in [2.05, 4.69) is 15.3 Å². The lowest BCUT2D eigenvalue weighted by molar-refractivity contribution is 0.0945. The van der Waals surface area contributed by atoms with Gasteiger partial charge in [0.25, 0.3) is 5.91 Å². The Balaban J connectivity index is 1.81. The van der Waals surface area contributed by atoms with Gasteiger partial charge in [-0.2, -0.15) is 0 Å². The first-order valence-electron chi connectivity index (χ1n) is 6.70. The number of thiophene rings is 1. The Labute approximate surface area is 121 Å². The number of nitrogens with two attached hydrogens (primary N) is 1. The van der Waals surface area contributed by atoms with Crippen molar-refractivity contribution in [3.63, 3.8) is 0 Å². The van der Waals surface area contributed by atoms with Crippen LogP contribution in [-0.4, -0.2) is 15.9 Å². The summed E-state index contributed by atoms with van der Waals surface area (Å²) in [4.78, 5) is 21.8. The van der Waals surface area contributed by atoms with Crippen molar-refractivity contribution in [1.29, 1.82) is 0 Å². The third kappa shape index (κ3) is 2.65. The number of aromatic nitrogens is 2. The maximum absolute atomic E-state index is 12.3. The smallest absolute Gasteiger partial charge is 0.270 e. The lowest BCUT2D eigenvalue weighted by Gasteiger charge is -2.17. The third-order valence-electron chi connectivity index (χ3n) is 3.42. The van der Waals surface area contributed by atoms with Crippen LogP contribution in [0.5, 0.6) is 0 Å². The Hall–Kier alpha value is -1.95. The average Bonchev–Trinajstić information content (AvgIpc) is 2.97. The summed E-state index contributed by atoms with van der Waals surface area (Å²) in [6.45, 7) is 0.523. The Morgan fingerprint density at radius 2 is 2.20 bits per heavy atom. The van der Waals surface area contributed by atoms with Gasteiger partial charge >= 0.3 is 0 Å². The molecule has 6 heteroatoms. The van der Waals surface area contributed by atoms with Gasteiger partial charge in [0.1, 0.15) is 5.69 Å². The highest BCUT2D eigenvalue weighted by molar-refractivity contribution is 7.09. The first-order valence-corrected chi connectivity index (χ1v) is 7.58. The minimum Gasteiger partial charge on any atom is -0.368 e. The molecule has 2 heterocycles. The van der Waals surface area contributed by atoms with E-state index in [1.807, 2.05) is 17.5 Å². The second-order valence-electron chi connectivity index (χ2n) is 4.82. The summed E-state index contributed by atoms with van der Waals surface area (Å²) in [6.07, 6.45) is 3.91. The van der Waals surface area contributed by atoms with Crippen molar-refractivity contribution in [2.45, 2.75) is 32.2 Å². The van der Waals surface area contributed by atoms with Crippen molar-refractivity contribution in [1.82, 2.24) is 15.3 Å². The Morgan fingerprint density at radius 3 is 3.00 bits per heavy atom. The maximum Gasteiger partial charge on any atom is 0.270 e. The molecule has 20 heavy (non-hydrogen) atoms. The zero-order chi connectivity index (χ0) is 13.9. The largest absolute Gasteiger partial charge is 0.368 e. The predicted octanol–water partition coefficient (Wildman–Crippen LogP) is 1.93. The molecule has 1 amide bonds. The second kappa shape index (κ2) is 5.58. The number of aryl methyl sites for hydroxylation is 1. The van der Waals surface area contributed by atoms with Gasteiger partial charge in [-0.3, -0.25) is 4.79 Å². The molecule has 0 atom stereocenters. The van der Waals surface area contributed by atoms with Crippen LogP contribution < -0.4 is 11.1 Å². The van der Waals surface area contributed by atoms with Crippen molar-refractivity contribution in [3.05, 3.63) is 39.3 Å². The van der Waals surface area contributed by atoms with Crippen LogP contribution in [0, 0.1) is 0 Å². The fourth-order valence-corrected chi connectivity index (χ4v) is 3.11. The highest BCUT2D eigenvalue weighted by Crippen LogP contribution is 2.22. The van der Waals surface area contributed by atoms with Gasteiger partial charge in [-0.05, 0) is 37.1 Å². The molecule has 2 aromatic rings. The fourth-order valence-electron chi connectivity index (χ4n) is 2.47. The number of carbonyl (C=O) groups excluding carboxylic acids is 1. The van der Waals surface area contributed by atoms with Gasteiger partial charge in [-0.1, -0.05) is 6.07 Å². The normalized spacial score (nSPS) is 13.8. The summed E-state index contributed by atoms with van der Waals surface area (Å²) in [5.74, 6) is 0.0255. The lowest BCUT2D eigenvalue weighted by Crippen LogP contribution is -2.27. The maximum atomic E-state index is 12.3. The van der Waals surface area contributed by atoms with Crippen LogP contribution in [0.1, 0.15) is 39.5 Å². The molecule has 1 aliphatic rings. The SMILES string of the molecule is Nc1nc2c(c(C(=O)NCc3cccs3)n1)CCCC2. The van der Waals surface area contributed by atoms with Crippen LogP contribution in [0.15, 0.2) is 17.5 Å². The van der Waals surface area contributed by atoms with Crippen LogP contribution in [0.25, 0.3) is 0 Å². The summed E-state index contributed by atoms with van der Waals surface area (Å²) >= 11 is 1.62. The van der Waals surface area contributed by atoms with E-state index < -0.39 is 0 Å². The molecule has 0 spiro atoms. The van der Waals surface area contributed by atoms with Crippen molar-refractivity contribution < 1.29 is 4.79 Å². The van der Waals surface area contributed by atoms with Gasteiger partial charge in [0.05, 0.1) is 6.54 Å². The van der Waals surface area contributed by atoms with E-state index in [0.29, 0.717) is 12.2 Å². The molecule has 0 unspecified atom stereocenters.